The molecule has 0 aliphatic heterocycles. The van der Waals surface area contributed by atoms with Gasteiger partial charge in [0.1, 0.15) is 12.1 Å². The van der Waals surface area contributed by atoms with E-state index < -0.39 is 17.8 Å². The maximum absolute atomic E-state index is 11.3. The van der Waals surface area contributed by atoms with Crippen molar-refractivity contribution >= 4 is 34.3 Å². The van der Waals surface area contributed by atoms with Crippen LogP contribution in [0.5, 0.6) is 0 Å². The molecule has 1 heterocycles. The van der Waals surface area contributed by atoms with Gasteiger partial charge in [-0.2, -0.15) is 0 Å². The second-order valence-electron chi connectivity index (χ2n) is 2.93. The smallest absolute Gasteiger partial charge is 0.315 e. The van der Waals surface area contributed by atoms with Crippen LogP contribution in [-0.4, -0.2) is 29.4 Å². The molecule has 17 heavy (non-hydrogen) atoms. The van der Waals surface area contributed by atoms with Crippen LogP contribution in [0.1, 0.15) is 23.8 Å². The van der Waals surface area contributed by atoms with Crippen molar-refractivity contribution in [2.45, 2.75) is 13.3 Å². The molecule has 8 heteroatoms. The molecule has 0 saturated carbocycles. The molecule has 0 unspecified atom stereocenters. The minimum Gasteiger partial charge on any atom is -0.466 e. The number of primary amides is 1. The molecule has 0 bridgehead atoms. The van der Waals surface area contributed by atoms with Gasteiger partial charge in [0, 0.05) is 5.38 Å². The van der Waals surface area contributed by atoms with Gasteiger partial charge in [-0.15, -0.1) is 11.3 Å². The summed E-state index contributed by atoms with van der Waals surface area (Å²) >= 11 is 1.05. The van der Waals surface area contributed by atoms with Gasteiger partial charge in [-0.25, -0.2) is 4.98 Å². The van der Waals surface area contributed by atoms with Gasteiger partial charge < -0.3 is 15.8 Å². The summed E-state index contributed by atoms with van der Waals surface area (Å²) < 4.78 is 4.60. The molecule has 0 aliphatic carbocycles. The number of anilines is 1. The third kappa shape index (κ3) is 4.19. The summed E-state index contributed by atoms with van der Waals surface area (Å²) in [6, 6.07) is 0. The number of amides is 2. The van der Waals surface area contributed by atoms with E-state index in [9.17, 15) is 14.4 Å². The number of hydrogen-bond acceptors (Lipinski definition) is 6. The van der Waals surface area contributed by atoms with E-state index in [0.717, 1.165) is 11.3 Å². The quantitative estimate of drug-likeness (QED) is 0.575. The van der Waals surface area contributed by atoms with Crippen molar-refractivity contribution < 1.29 is 19.1 Å². The molecule has 0 atom stereocenters. The highest BCUT2D eigenvalue weighted by atomic mass is 32.1. The molecular weight excluding hydrogens is 246 g/mol. The zero-order valence-corrected chi connectivity index (χ0v) is 9.87. The van der Waals surface area contributed by atoms with Crippen LogP contribution in [0.25, 0.3) is 0 Å². The number of nitrogens with two attached hydrogens (primary N) is 1. The average Bonchev–Trinajstić information content (AvgIpc) is 2.66. The Bertz CT molecular complexity index is 443. The minimum atomic E-state index is -0.674. The van der Waals surface area contributed by atoms with Crippen molar-refractivity contribution in [3.63, 3.8) is 0 Å². The molecule has 7 nitrogen and oxygen atoms in total. The predicted molar refractivity (Wildman–Crippen MR) is 60.5 cm³/mol. The van der Waals surface area contributed by atoms with Gasteiger partial charge in [-0.1, -0.05) is 0 Å². The second-order valence-corrected chi connectivity index (χ2v) is 3.79. The van der Waals surface area contributed by atoms with Gasteiger partial charge in [0.15, 0.2) is 5.13 Å². The molecule has 0 radical (unpaired) electrons. The fourth-order valence-electron chi connectivity index (χ4n) is 0.951. The van der Waals surface area contributed by atoms with Gasteiger partial charge in [0.2, 0.25) is 5.91 Å². The van der Waals surface area contributed by atoms with Crippen LogP contribution in [0.15, 0.2) is 5.38 Å². The zero-order valence-electron chi connectivity index (χ0n) is 9.06. The van der Waals surface area contributed by atoms with Crippen molar-refractivity contribution in [2.75, 3.05) is 11.9 Å². The lowest BCUT2D eigenvalue weighted by molar-refractivity contribution is -0.145. The number of nitrogens with one attached hydrogen (secondary N) is 1. The number of thiazole rings is 1. The highest BCUT2D eigenvalue weighted by Gasteiger charge is 2.13. The number of ether oxygens (including phenoxy) is 1. The summed E-state index contributed by atoms with van der Waals surface area (Å²) in [7, 11) is 0. The third-order valence-corrected chi connectivity index (χ3v) is 2.37. The van der Waals surface area contributed by atoms with E-state index in [1.54, 1.807) is 6.92 Å². The Morgan fingerprint density at radius 1 is 1.53 bits per heavy atom. The fourth-order valence-corrected chi connectivity index (χ4v) is 1.67. The van der Waals surface area contributed by atoms with Crippen molar-refractivity contribution in [1.29, 1.82) is 0 Å². The van der Waals surface area contributed by atoms with Crippen molar-refractivity contribution in [3.8, 4) is 0 Å². The van der Waals surface area contributed by atoms with Crippen LogP contribution in [-0.2, 0) is 14.3 Å². The lowest BCUT2D eigenvalue weighted by Gasteiger charge is -2.01. The zero-order chi connectivity index (χ0) is 12.8. The average molecular weight is 257 g/mol. The van der Waals surface area contributed by atoms with Crippen LogP contribution in [0.3, 0.4) is 0 Å². The Morgan fingerprint density at radius 3 is 2.76 bits per heavy atom. The molecule has 92 valence electrons. The van der Waals surface area contributed by atoms with Gasteiger partial charge in [0.25, 0.3) is 5.91 Å². The molecule has 1 aromatic heterocycles. The summed E-state index contributed by atoms with van der Waals surface area (Å²) in [6.07, 6.45) is -0.390. The molecular formula is C9H11N3O4S. The Labute approximate surface area is 101 Å². The highest BCUT2D eigenvalue weighted by Crippen LogP contribution is 2.15. The van der Waals surface area contributed by atoms with Gasteiger partial charge >= 0.3 is 5.97 Å². The lowest BCUT2D eigenvalue weighted by Crippen LogP contribution is -2.18. The minimum absolute atomic E-state index is 0.0708. The number of carbonyl (C=O) groups is 3. The van der Waals surface area contributed by atoms with Gasteiger partial charge in [-0.05, 0) is 6.92 Å². The molecule has 2 amide bonds. The van der Waals surface area contributed by atoms with Crippen molar-refractivity contribution in [2.24, 2.45) is 5.73 Å². The van der Waals surface area contributed by atoms with Crippen LogP contribution < -0.4 is 11.1 Å². The van der Waals surface area contributed by atoms with E-state index in [2.05, 4.69) is 15.0 Å². The molecule has 0 spiro atoms. The Hall–Kier alpha value is -1.96. The van der Waals surface area contributed by atoms with E-state index in [-0.39, 0.29) is 23.9 Å². The number of nitrogens with zero attached hydrogens (tertiary/aromatic N) is 1. The van der Waals surface area contributed by atoms with Crippen LogP contribution >= 0.6 is 11.3 Å². The molecule has 1 aromatic rings. The SMILES string of the molecule is CCOC(=O)CC(=O)Nc1nc(C(N)=O)cs1. The summed E-state index contributed by atoms with van der Waals surface area (Å²) in [5.74, 6) is -1.84. The summed E-state index contributed by atoms with van der Waals surface area (Å²) in [5.41, 5.74) is 5.07. The lowest BCUT2D eigenvalue weighted by atomic mass is 10.4. The normalized spacial score (nSPS) is 9.71. The first kappa shape index (κ1) is 13.1. The first-order chi connectivity index (χ1) is 8.02. The van der Waals surface area contributed by atoms with Crippen LogP contribution in [0, 0.1) is 0 Å². The molecule has 0 fully saturated rings. The Morgan fingerprint density at radius 2 is 2.24 bits per heavy atom. The third-order valence-electron chi connectivity index (χ3n) is 1.61. The largest absolute Gasteiger partial charge is 0.466 e. The monoisotopic (exact) mass is 257 g/mol. The van der Waals surface area contributed by atoms with Crippen molar-refractivity contribution in [1.82, 2.24) is 4.98 Å². The first-order valence-electron chi connectivity index (χ1n) is 4.73. The van der Waals surface area contributed by atoms with E-state index in [1.165, 1.54) is 5.38 Å². The van der Waals surface area contributed by atoms with Gasteiger partial charge in [-0.3, -0.25) is 14.4 Å². The van der Waals surface area contributed by atoms with E-state index in [4.69, 9.17) is 5.73 Å². The van der Waals surface area contributed by atoms with Crippen molar-refractivity contribution in [3.05, 3.63) is 11.1 Å². The first-order valence-corrected chi connectivity index (χ1v) is 5.61. The topological polar surface area (TPSA) is 111 Å². The number of hydrogen-bond donors (Lipinski definition) is 2. The standard InChI is InChI=1S/C9H11N3O4S/c1-2-16-7(14)3-6(13)12-9-11-5(4-17-9)8(10)15/h4H,2-3H2,1H3,(H2,10,15)(H,11,12,13). The number of aromatic nitrogens is 1. The van der Waals surface area contributed by atoms with Crippen LogP contribution in [0.2, 0.25) is 0 Å². The van der Waals surface area contributed by atoms with Gasteiger partial charge in [0.05, 0.1) is 6.61 Å². The summed E-state index contributed by atoms with van der Waals surface area (Å²) in [4.78, 5) is 36.8. The maximum Gasteiger partial charge on any atom is 0.315 e. The molecule has 0 aromatic carbocycles. The summed E-state index contributed by atoms with van der Waals surface area (Å²) in [5, 5.41) is 4.00. The number of rotatable bonds is 5. The van der Waals surface area contributed by atoms with E-state index in [1.807, 2.05) is 0 Å². The maximum atomic E-state index is 11.3. The molecule has 0 saturated heterocycles. The van der Waals surface area contributed by atoms with E-state index in [0.29, 0.717) is 0 Å². The molecule has 3 N–H and O–H groups in total. The van der Waals surface area contributed by atoms with Crippen LogP contribution in [0.4, 0.5) is 5.13 Å². The number of carbonyl (C=O) groups excluding carboxylic acids is 3. The summed E-state index contributed by atoms with van der Waals surface area (Å²) in [6.45, 7) is 1.87. The second kappa shape index (κ2) is 5.94. The predicted octanol–water partition coefficient (Wildman–Crippen LogP) is 0.134. The highest BCUT2D eigenvalue weighted by molar-refractivity contribution is 7.14. The fraction of sp³-hybridized carbons (Fsp3) is 0.333. The Balaban J connectivity index is 2.50. The molecule has 0 aliphatic rings. The van der Waals surface area contributed by atoms with E-state index >= 15 is 0 Å². The number of esters is 1. The Kier molecular flexibility index (Phi) is 4.58. The molecule has 1 rings (SSSR count).